The maximum atomic E-state index is 12.8. The minimum absolute atomic E-state index is 0.0515. The van der Waals surface area contributed by atoms with Crippen molar-refractivity contribution in [2.45, 2.75) is 46.3 Å². The number of ether oxygens (including phenoxy) is 2. The van der Waals surface area contributed by atoms with E-state index in [4.69, 9.17) is 21.1 Å². The van der Waals surface area contributed by atoms with Gasteiger partial charge in [0.25, 0.3) is 5.91 Å². The van der Waals surface area contributed by atoms with Crippen LogP contribution < -0.4 is 15.5 Å². The van der Waals surface area contributed by atoms with Gasteiger partial charge in [-0.3, -0.25) is 9.59 Å². The lowest BCUT2D eigenvalue weighted by Gasteiger charge is -2.25. The molecule has 1 aromatic heterocycles. The van der Waals surface area contributed by atoms with Crippen molar-refractivity contribution in [2.75, 3.05) is 13.2 Å². The van der Waals surface area contributed by atoms with Gasteiger partial charge in [-0.2, -0.15) is 0 Å². The van der Waals surface area contributed by atoms with Gasteiger partial charge in [0.15, 0.2) is 5.43 Å². The van der Waals surface area contributed by atoms with E-state index >= 15 is 0 Å². The molecule has 1 aromatic carbocycles. The van der Waals surface area contributed by atoms with E-state index in [2.05, 4.69) is 10.3 Å². The molecule has 2 N–H and O–H groups in total. The first-order valence-corrected chi connectivity index (χ1v) is 9.75. The molecule has 6 nitrogen and oxygen atoms in total. The number of carbonyl (C=O) groups excluding carboxylic acids is 1. The molecule has 0 aliphatic carbocycles. The molecular weight excluding hydrogens is 380 g/mol. The number of H-pyrrole nitrogens is 1. The van der Waals surface area contributed by atoms with Gasteiger partial charge < -0.3 is 19.8 Å². The molecule has 1 aliphatic heterocycles. The molecule has 0 spiro atoms. The summed E-state index contributed by atoms with van der Waals surface area (Å²) in [4.78, 5) is 28.1. The minimum atomic E-state index is -0.295. The number of aromatic amines is 1. The second-order valence-electron chi connectivity index (χ2n) is 7.11. The van der Waals surface area contributed by atoms with Crippen LogP contribution in [0.25, 0.3) is 0 Å². The van der Waals surface area contributed by atoms with Crippen molar-refractivity contribution in [1.29, 1.82) is 0 Å². The van der Waals surface area contributed by atoms with Crippen LogP contribution in [0.5, 0.6) is 5.75 Å². The molecule has 0 atom stereocenters. The number of halogens is 1. The average Bonchev–Trinajstić information content (AvgIpc) is 2.64. The SMILES string of the molecule is Cc1cc(=O)c(CNC(=O)c2cc(Cl)cc(OC3CCOCC3)c2C)c(C)[nH]1. The summed E-state index contributed by atoms with van der Waals surface area (Å²) in [5.74, 6) is 0.310. The number of rotatable bonds is 5. The van der Waals surface area contributed by atoms with Crippen molar-refractivity contribution in [3.8, 4) is 5.75 Å². The molecule has 0 unspecified atom stereocenters. The maximum absolute atomic E-state index is 12.8. The Labute approximate surface area is 169 Å². The summed E-state index contributed by atoms with van der Waals surface area (Å²) in [6.45, 7) is 6.96. The number of amides is 1. The summed E-state index contributed by atoms with van der Waals surface area (Å²) in [5, 5.41) is 3.25. The largest absolute Gasteiger partial charge is 0.490 e. The van der Waals surface area contributed by atoms with E-state index in [-0.39, 0.29) is 24.0 Å². The Hall–Kier alpha value is -2.31. The number of pyridine rings is 1. The van der Waals surface area contributed by atoms with E-state index in [1.54, 1.807) is 12.1 Å². The van der Waals surface area contributed by atoms with E-state index < -0.39 is 0 Å². The van der Waals surface area contributed by atoms with Crippen LogP contribution in [0.2, 0.25) is 5.02 Å². The van der Waals surface area contributed by atoms with E-state index in [0.29, 0.717) is 35.1 Å². The first-order chi connectivity index (χ1) is 13.3. The van der Waals surface area contributed by atoms with Gasteiger partial charge in [-0.25, -0.2) is 0 Å². The van der Waals surface area contributed by atoms with Crippen molar-refractivity contribution in [1.82, 2.24) is 10.3 Å². The summed E-state index contributed by atoms with van der Waals surface area (Å²) in [6, 6.07) is 4.88. The van der Waals surface area contributed by atoms with Crippen molar-refractivity contribution < 1.29 is 14.3 Å². The quantitative estimate of drug-likeness (QED) is 0.799. The predicted octanol–water partition coefficient (Wildman–Crippen LogP) is 3.44. The van der Waals surface area contributed by atoms with Crippen molar-refractivity contribution in [3.05, 3.63) is 61.5 Å². The molecule has 1 amide bonds. The van der Waals surface area contributed by atoms with Gasteiger partial charge in [0.05, 0.1) is 13.2 Å². The minimum Gasteiger partial charge on any atom is -0.490 e. The van der Waals surface area contributed by atoms with Gasteiger partial charge >= 0.3 is 0 Å². The highest BCUT2D eigenvalue weighted by atomic mass is 35.5. The summed E-state index contributed by atoms with van der Waals surface area (Å²) in [7, 11) is 0. The molecule has 150 valence electrons. The molecule has 7 heteroatoms. The summed E-state index contributed by atoms with van der Waals surface area (Å²) >= 11 is 6.23. The number of benzene rings is 1. The van der Waals surface area contributed by atoms with Crippen molar-refractivity contribution >= 4 is 17.5 Å². The Morgan fingerprint density at radius 3 is 2.64 bits per heavy atom. The van der Waals surface area contributed by atoms with E-state index in [0.717, 1.165) is 29.8 Å². The Balaban J connectivity index is 1.77. The second-order valence-corrected chi connectivity index (χ2v) is 7.55. The van der Waals surface area contributed by atoms with Gasteiger partial charge in [0.1, 0.15) is 11.9 Å². The Kier molecular flexibility index (Phi) is 6.42. The first-order valence-electron chi connectivity index (χ1n) is 9.37. The van der Waals surface area contributed by atoms with Crippen molar-refractivity contribution in [3.63, 3.8) is 0 Å². The number of nitrogens with one attached hydrogen (secondary N) is 2. The van der Waals surface area contributed by atoms with Gasteiger partial charge in [-0.1, -0.05) is 11.6 Å². The highest BCUT2D eigenvalue weighted by Gasteiger charge is 2.20. The van der Waals surface area contributed by atoms with Crippen LogP contribution in [0.3, 0.4) is 0 Å². The lowest BCUT2D eigenvalue weighted by Crippen LogP contribution is -2.28. The second kappa shape index (κ2) is 8.80. The normalized spacial score (nSPS) is 14.7. The average molecular weight is 405 g/mol. The number of hydrogen-bond acceptors (Lipinski definition) is 4. The van der Waals surface area contributed by atoms with Crippen LogP contribution in [0.4, 0.5) is 0 Å². The number of carbonyl (C=O) groups is 1. The molecule has 2 aromatic rings. The fraction of sp³-hybridized carbons (Fsp3) is 0.429. The molecular formula is C21H25ClN2O4. The van der Waals surface area contributed by atoms with Crippen LogP contribution in [0, 0.1) is 20.8 Å². The number of aryl methyl sites for hydroxylation is 2. The third-order valence-electron chi connectivity index (χ3n) is 4.94. The summed E-state index contributed by atoms with van der Waals surface area (Å²) in [5.41, 5.74) is 3.14. The van der Waals surface area contributed by atoms with Gasteiger partial charge in [-0.05, 0) is 32.9 Å². The highest BCUT2D eigenvalue weighted by Crippen LogP contribution is 2.29. The molecule has 0 saturated carbocycles. The van der Waals surface area contributed by atoms with E-state index in [1.165, 1.54) is 6.07 Å². The topological polar surface area (TPSA) is 80.4 Å². The van der Waals surface area contributed by atoms with Gasteiger partial charge in [0.2, 0.25) is 0 Å². The molecule has 1 aliphatic rings. The maximum Gasteiger partial charge on any atom is 0.252 e. The molecule has 0 radical (unpaired) electrons. The summed E-state index contributed by atoms with van der Waals surface area (Å²) < 4.78 is 11.4. The highest BCUT2D eigenvalue weighted by molar-refractivity contribution is 6.31. The van der Waals surface area contributed by atoms with Crippen LogP contribution in [0.15, 0.2) is 23.0 Å². The lowest BCUT2D eigenvalue weighted by atomic mass is 10.1. The zero-order valence-corrected chi connectivity index (χ0v) is 17.1. The van der Waals surface area contributed by atoms with Gasteiger partial charge in [-0.15, -0.1) is 0 Å². The molecule has 1 saturated heterocycles. The Morgan fingerprint density at radius 1 is 1.25 bits per heavy atom. The number of hydrogen-bond donors (Lipinski definition) is 2. The molecule has 0 bridgehead atoms. The fourth-order valence-corrected chi connectivity index (χ4v) is 3.55. The van der Waals surface area contributed by atoms with Crippen LogP contribution in [0.1, 0.15) is 45.7 Å². The van der Waals surface area contributed by atoms with Crippen LogP contribution in [-0.4, -0.2) is 30.2 Å². The Morgan fingerprint density at radius 2 is 1.96 bits per heavy atom. The van der Waals surface area contributed by atoms with E-state index in [9.17, 15) is 9.59 Å². The standard InChI is InChI=1S/C21H25ClN2O4/c1-12-8-19(25)18(14(3)24-12)11-23-21(26)17-9-15(22)10-20(13(17)2)28-16-4-6-27-7-5-16/h8-10,16H,4-7,11H2,1-3H3,(H,23,26)(H,24,25). The molecule has 2 heterocycles. The molecule has 28 heavy (non-hydrogen) atoms. The smallest absolute Gasteiger partial charge is 0.252 e. The lowest BCUT2D eigenvalue weighted by molar-refractivity contribution is 0.0252. The third-order valence-corrected chi connectivity index (χ3v) is 5.16. The predicted molar refractivity (Wildman–Crippen MR) is 108 cm³/mol. The molecule has 3 rings (SSSR count). The summed E-state index contributed by atoms with van der Waals surface area (Å²) in [6.07, 6.45) is 1.67. The van der Waals surface area contributed by atoms with Crippen molar-refractivity contribution in [2.24, 2.45) is 0 Å². The monoisotopic (exact) mass is 404 g/mol. The van der Waals surface area contributed by atoms with Gasteiger partial charge in [0, 0.05) is 58.6 Å². The third kappa shape index (κ3) is 4.75. The Bertz CT molecular complexity index is 933. The van der Waals surface area contributed by atoms with Crippen LogP contribution in [-0.2, 0) is 11.3 Å². The first kappa shape index (κ1) is 20.4. The molecule has 1 fully saturated rings. The number of aromatic nitrogens is 1. The fourth-order valence-electron chi connectivity index (χ4n) is 3.35. The zero-order chi connectivity index (χ0) is 20.3. The zero-order valence-electron chi connectivity index (χ0n) is 16.4. The van der Waals surface area contributed by atoms with E-state index in [1.807, 2.05) is 20.8 Å². The van der Waals surface area contributed by atoms with Crippen LogP contribution >= 0.6 is 11.6 Å².